The zero-order valence-corrected chi connectivity index (χ0v) is 33.5. The van der Waals surface area contributed by atoms with Crippen LogP contribution in [-0.2, 0) is 5.41 Å². The minimum absolute atomic E-state index is 0.0524. The summed E-state index contributed by atoms with van der Waals surface area (Å²) in [7, 11) is 0. The van der Waals surface area contributed by atoms with Crippen molar-refractivity contribution in [2.75, 3.05) is 4.90 Å². The van der Waals surface area contributed by atoms with Crippen molar-refractivity contribution in [2.45, 2.75) is 19.3 Å². The summed E-state index contributed by atoms with van der Waals surface area (Å²) in [5.74, 6) is 0. The third-order valence-electron chi connectivity index (χ3n) is 12.9. The van der Waals surface area contributed by atoms with Gasteiger partial charge in [0.1, 0.15) is 0 Å². The van der Waals surface area contributed by atoms with E-state index in [4.69, 9.17) is 0 Å². The van der Waals surface area contributed by atoms with Gasteiger partial charge in [-0.15, -0.1) is 0 Å². The Morgan fingerprint density at radius 2 is 0.833 bits per heavy atom. The van der Waals surface area contributed by atoms with E-state index in [1.807, 2.05) is 0 Å². The molecule has 3 nitrogen and oxygen atoms in total. The topological polar surface area (TPSA) is 13.1 Å². The number of benzene rings is 9. The van der Waals surface area contributed by atoms with Crippen LogP contribution in [0.15, 0.2) is 212 Å². The SMILES string of the molecule is CC1(C)c2ccccc2-c2cc(N(c3ccccc3)c3ccc4c5cc(-c6ccc7c(c6)c6ccccc6n7-c6ccccc6)ccc5n(-c5ccccc5)c4c3)ccc21. The second kappa shape index (κ2) is 13.2. The van der Waals surface area contributed by atoms with Gasteiger partial charge in [0.25, 0.3) is 0 Å². The van der Waals surface area contributed by atoms with Crippen molar-refractivity contribution < 1.29 is 0 Å². The fraction of sp³-hybridized carbons (Fsp3) is 0.0526. The number of hydrogen-bond donors (Lipinski definition) is 0. The van der Waals surface area contributed by atoms with Crippen molar-refractivity contribution in [1.82, 2.24) is 9.13 Å². The quantitative estimate of drug-likeness (QED) is 0.164. The van der Waals surface area contributed by atoms with Gasteiger partial charge >= 0.3 is 0 Å². The summed E-state index contributed by atoms with van der Waals surface area (Å²) in [5, 5.41) is 4.96. The molecule has 0 spiro atoms. The lowest BCUT2D eigenvalue weighted by Gasteiger charge is -2.27. The summed E-state index contributed by atoms with van der Waals surface area (Å²) in [6, 6.07) is 77.9. The van der Waals surface area contributed by atoms with E-state index in [1.54, 1.807) is 0 Å². The Hall–Kier alpha value is -7.62. The van der Waals surface area contributed by atoms with E-state index in [-0.39, 0.29) is 5.41 Å². The fourth-order valence-corrected chi connectivity index (χ4v) is 10.1. The first-order valence-corrected chi connectivity index (χ1v) is 20.9. The highest BCUT2D eigenvalue weighted by molar-refractivity contribution is 6.13. The molecule has 60 heavy (non-hydrogen) atoms. The van der Waals surface area contributed by atoms with Crippen LogP contribution < -0.4 is 4.90 Å². The number of fused-ring (bicyclic) bond motifs is 9. The maximum atomic E-state index is 2.43. The summed E-state index contributed by atoms with van der Waals surface area (Å²) in [5.41, 5.74) is 18.2. The minimum Gasteiger partial charge on any atom is -0.310 e. The van der Waals surface area contributed by atoms with Crippen LogP contribution in [0.5, 0.6) is 0 Å². The summed E-state index contributed by atoms with van der Waals surface area (Å²) in [6.07, 6.45) is 0. The highest BCUT2D eigenvalue weighted by atomic mass is 15.1. The molecule has 0 N–H and O–H groups in total. The highest BCUT2D eigenvalue weighted by Gasteiger charge is 2.35. The van der Waals surface area contributed by atoms with Crippen LogP contribution in [0.1, 0.15) is 25.0 Å². The Balaban J connectivity index is 1.04. The molecule has 0 saturated heterocycles. The number of para-hydroxylation sites is 4. The van der Waals surface area contributed by atoms with Crippen molar-refractivity contribution in [2.24, 2.45) is 0 Å². The first-order chi connectivity index (χ1) is 29.5. The van der Waals surface area contributed by atoms with E-state index in [9.17, 15) is 0 Å². The van der Waals surface area contributed by atoms with Gasteiger partial charge in [-0.25, -0.2) is 0 Å². The van der Waals surface area contributed by atoms with Crippen molar-refractivity contribution in [3.63, 3.8) is 0 Å². The van der Waals surface area contributed by atoms with E-state index in [1.165, 1.54) is 82.7 Å². The van der Waals surface area contributed by atoms with E-state index in [0.29, 0.717) is 0 Å². The third-order valence-corrected chi connectivity index (χ3v) is 12.9. The molecule has 0 aliphatic heterocycles. The number of hydrogen-bond acceptors (Lipinski definition) is 1. The maximum Gasteiger partial charge on any atom is 0.0561 e. The minimum atomic E-state index is -0.0524. The average Bonchev–Trinajstić information content (AvgIpc) is 3.89. The second-order valence-electron chi connectivity index (χ2n) is 16.6. The lowest BCUT2D eigenvalue weighted by atomic mass is 9.82. The van der Waals surface area contributed by atoms with Gasteiger partial charge < -0.3 is 14.0 Å². The molecule has 2 heterocycles. The summed E-state index contributed by atoms with van der Waals surface area (Å²) < 4.78 is 4.81. The van der Waals surface area contributed by atoms with Crippen LogP contribution in [0.25, 0.3) is 77.2 Å². The van der Waals surface area contributed by atoms with Gasteiger partial charge in [0.05, 0.1) is 22.1 Å². The Kier molecular flexibility index (Phi) is 7.58. The first kappa shape index (κ1) is 34.4. The lowest BCUT2D eigenvalue weighted by Crippen LogP contribution is -2.15. The van der Waals surface area contributed by atoms with Crippen LogP contribution in [0, 0.1) is 0 Å². The number of rotatable bonds is 6. The molecule has 11 aromatic rings. The number of aromatic nitrogens is 2. The van der Waals surface area contributed by atoms with Gasteiger partial charge in [0.2, 0.25) is 0 Å². The van der Waals surface area contributed by atoms with Crippen molar-refractivity contribution in [3.8, 4) is 33.6 Å². The Labute approximate surface area is 349 Å². The molecule has 0 amide bonds. The molecule has 0 unspecified atom stereocenters. The van der Waals surface area contributed by atoms with Crippen molar-refractivity contribution in [3.05, 3.63) is 223 Å². The van der Waals surface area contributed by atoms with Crippen LogP contribution in [0.4, 0.5) is 17.1 Å². The molecule has 284 valence electrons. The van der Waals surface area contributed by atoms with E-state index >= 15 is 0 Å². The summed E-state index contributed by atoms with van der Waals surface area (Å²) >= 11 is 0. The molecule has 0 radical (unpaired) electrons. The third kappa shape index (κ3) is 5.15. The van der Waals surface area contributed by atoms with E-state index in [0.717, 1.165) is 22.7 Å². The molecule has 0 fully saturated rings. The van der Waals surface area contributed by atoms with Gasteiger partial charge in [0, 0.05) is 55.4 Å². The lowest BCUT2D eigenvalue weighted by molar-refractivity contribution is 0.660. The molecule has 2 aromatic heterocycles. The molecular formula is C57H41N3. The van der Waals surface area contributed by atoms with Crippen LogP contribution in [0.3, 0.4) is 0 Å². The van der Waals surface area contributed by atoms with Crippen LogP contribution in [0.2, 0.25) is 0 Å². The summed E-state index contributed by atoms with van der Waals surface area (Å²) in [6.45, 7) is 4.69. The fourth-order valence-electron chi connectivity index (χ4n) is 10.1. The molecule has 1 aliphatic carbocycles. The maximum absolute atomic E-state index is 2.43. The smallest absolute Gasteiger partial charge is 0.0561 e. The number of anilines is 3. The largest absolute Gasteiger partial charge is 0.310 e. The average molecular weight is 768 g/mol. The summed E-state index contributed by atoms with van der Waals surface area (Å²) in [4.78, 5) is 2.41. The monoisotopic (exact) mass is 767 g/mol. The Morgan fingerprint density at radius 1 is 0.333 bits per heavy atom. The second-order valence-corrected chi connectivity index (χ2v) is 16.6. The van der Waals surface area contributed by atoms with Crippen molar-refractivity contribution in [1.29, 1.82) is 0 Å². The molecule has 0 bridgehead atoms. The molecule has 3 heteroatoms. The van der Waals surface area contributed by atoms with Gasteiger partial charge in [-0.05, 0) is 124 Å². The van der Waals surface area contributed by atoms with Gasteiger partial charge in [-0.2, -0.15) is 0 Å². The van der Waals surface area contributed by atoms with E-state index in [2.05, 4.69) is 240 Å². The van der Waals surface area contributed by atoms with Crippen molar-refractivity contribution >= 4 is 60.7 Å². The first-order valence-electron chi connectivity index (χ1n) is 20.9. The zero-order chi connectivity index (χ0) is 40.0. The predicted octanol–water partition coefficient (Wildman–Crippen LogP) is 15.3. The van der Waals surface area contributed by atoms with Gasteiger partial charge in [-0.1, -0.05) is 135 Å². The Morgan fingerprint density at radius 3 is 1.52 bits per heavy atom. The standard InChI is InChI=1S/C57H41N3/c1-57(2)51-24-14-12-22-45(51)48-36-43(29-31-52(48)57)58(40-16-6-3-7-17-40)44-28-30-47-50-35-39(27-33-55(50)60(56(47)37-44)42-20-10-5-11-21-42)38-26-32-54-49(34-38)46-23-13-15-25-53(46)59(54)41-18-8-4-9-19-41/h3-37H,1-2H3. The molecule has 1 aliphatic rings. The normalized spacial score (nSPS) is 13.0. The van der Waals surface area contributed by atoms with Gasteiger partial charge in [0.15, 0.2) is 0 Å². The molecule has 0 saturated carbocycles. The predicted molar refractivity (Wildman–Crippen MR) is 253 cm³/mol. The zero-order valence-electron chi connectivity index (χ0n) is 33.5. The molecule has 9 aromatic carbocycles. The van der Waals surface area contributed by atoms with Crippen LogP contribution in [-0.4, -0.2) is 9.13 Å². The van der Waals surface area contributed by atoms with Crippen LogP contribution >= 0.6 is 0 Å². The highest BCUT2D eigenvalue weighted by Crippen LogP contribution is 2.51. The van der Waals surface area contributed by atoms with Gasteiger partial charge in [-0.3, -0.25) is 0 Å². The molecule has 12 rings (SSSR count). The Bertz CT molecular complexity index is 3450. The molecule has 0 atom stereocenters. The number of nitrogens with zero attached hydrogens (tertiary/aromatic N) is 3. The molecular weight excluding hydrogens is 727 g/mol. The van der Waals surface area contributed by atoms with E-state index < -0.39 is 0 Å².